The van der Waals surface area contributed by atoms with Crippen molar-refractivity contribution in [2.45, 2.75) is 32.2 Å². The summed E-state index contributed by atoms with van der Waals surface area (Å²) in [6.07, 6.45) is 3.38. The lowest BCUT2D eigenvalue weighted by atomic mass is 9.88. The van der Waals surface area contributed by atoms with Crippen LogP contribution in [0.5, 0.6) is 5.75 Å². The predicted octanol–water partition coefficient (Wildman–Crippen LogP) is 3.18. The van der Waals surface area contributed by atoms with Crippen LogP contribution in [0.4, 0.5) is 0 Å². The molecular formula is C12H16BrNO. The summed E-state index contributed by atoms with van der Waals surface area (Å²) in [5.74, 6) is 0.917. The molecule has 0 amide bonds. The first-order chi connectivity index (χ1) is 7.22. The first kappa shape index (κ1) is 11.0. The Hall–Kier alpha value is -0.540. The Kier molecular flexibility index (Phi) is 3.32. The molecule has 82 valence electrons. The van der Waals surface area contributed by atoms with Crippen LogP contribution < -0.4 is 10.5 Å². The average Bonchev–Trinajstić information content (AvgIpc) is 2.20. The Morgan fingerprint density at radius 3 is 3.07 bits per heavy atom. The van der Waals surface area contributed by atoms with E-state index in [2.05, 4.69) is 22.0 Å². The molecule has 2 nitrogen and oxygen atoms in total. The van der Waals surface area contributed by atoms with Crippen LogP contribution in [-0.2, 0) is 6.42 Å². The standard InChI is InChI=1S/C12H16BrNO/c1-2-15-8-6-10-9(11(13)7-8)4-3-5-12(10)14/h6-7,12H,2-5,14H2,1H3/t12-/m0/s1. The number of halogens is 1. The molecule has 2 rings (SSSR count). The van der Waals surface area contributed by atoms with Crippen molar-refractivity contribution in [1.29, 1.82) is 0 Å². The van der Waals surface area contributed by atoms with Crippen LogP contribution in [0, 0.1) is 0 Å². The number of nitrogens with two attached hydrogens (primary N) is 1. The number of benzene rings is 1. The van der Waals surface area contributed by atoms with Crippen molar-refractivity contribution in [3.63, 3.8) is 0 Å². The Balaban J connectivity index is 2.42. The van der Waals surface area contributed by atoms with Gasteiger partial charge in [-0.3, -0.25) is 0 Å². The largest absolute Gasteiger partial charge is 0.494 e. The fraction of sp³-hybridized carbons (Fsp3) is 0.500. The number of fused-ring (bicyclic) bond motifs is 1. The van der Waals surface area contributed by atoms with Gasteiger partial charge in [0, 0.05) is 10.5 Å². The lowest BCUT2D eigenvalue weighted by molar-refractivity contribution is 0.339. The van der Waals surface area contributed by atoms with Gasteiger partial charge in [0.2, 0.25) is 0 Å². The predicted molar refractivity (Wildman–Crippen MR) is 65.2 cm³/mol. The molecule has 0 radical (unpaired) electrons. The van der Waals surface area contributed by atoms with E-state index in [0.29, 0.717) is 6.61 Å². The summed E-state index contributed by atoms with van der Waals surface area (Å²) in [5, 5.41) is 0. The highest BCUT2D eigenvalue weighted by atomic mass is 79.9. The van der Waals surface area contributed by atoms with E-state index >= 15 is 0 Å². The van der Waals surface area contributed by atoms with Crippen LogP contribution in [0.1, 0.15) is 36.9 Å². The van der Waals surface area contributed by atoms with E-state index in [0.717, 1.165) is 23.1 Å². The molecule has 0 bridgehead atoms. The Labute approximate surface area is 98.9 Å². The third kappa shape index (κ3) is 2.18. The fourth-order valence-electron chi connectivity index (χ4n) is 2.13. The van der Waals surface area contributed by atoms with Crippen molar-refractivity contribution in [3.05, 3.63) is 27.7 Å². The molecule has 1 aliphatic rings. The molecule has 0 heterocycles. The van der Waals surface area contributed by atoms with Crippen LogP contribution in [0.2, 0.25) is 0 Å². The molecule has 0 aromatic heterocycles. The fourth-order valence-corrected chi connectivity index (χ4v) is 2.78. The number of ether oxygens (including phenoxy) is 1. The molecule has 3 heteroatoms. The van der Waals surface area contributed by atoms with Crippen LogP contribution in [-0.4, -0.2) is 6.61 Å². The van der Waals surface area contributed by atoms with Gasteiger partial charge in [-0.25, -0.2) is 0 Å². The van der Waals surface area contributed by atoms with Gasteiger partial charge in [0.05, 0.1) is 6.61 Å². The van der Waals surface area contributed by atoms with E-state index in [1.54, 1.807) is 0 Å². The van der Waals surface area contributed by atoms with Crippen LogP contribution in [0.3, 0.4) is 0 Å². The molecular weight excluding hydrogens is 254 g/mol. The van der Waals surface area contributed by atoms with Gasteiger partial charge in [-0.05, 0) is 49.4 Å². The molecule has 1 aromatic carbocycles. The lowest BCUT2D eigenvalue weighted by Crippen LogP contribution is -2.17. The second-order valence-corrected chi connectivity index (χ2v) is 4.76. The quantitative estimate of drug-likeness (QED) is 0.895. The zero-order valence-electron chi connectivity index (χ0n) is 8.92. The smallest absolute Gasteiger partial charge is 0.120 e. The van der Waals surface area contributed by atoms with Crippen LogP contribution in [0.25, 0.3) is 0 Å². The summed E-state index contributed by atoms with van der Waals surface area (Å²) < 4.78 is 6.65. The minimum atomic E-state index is 0.172. The lowest BCUT2D eigenvalue weighted by Gasteiger charge is -2.24. The molecule has 1 aromatic rings. The van der Waals surface area contributed by atoms with Gasteiger partial charge in [-0.2, -0.15) is 0 Å². The number of rotatable bonds is 2. The van der Waals surface area contributed by atoms with E-state index in [1.807, 2.05) is 13.0 Å². The van der Waals surface area contributed by atoms with E-state index in [4.69, 9.17) is 10.5 Å². The van der Waals surface area contributed by atoms with Crippen LogP contribution >= 0.6 is 15.9 Å². The molecule has 15 heavy (non-hydrogen) atoms. The Morgan fingerprint density at radius 1 is 1.53 bits per heavy atom. The first-order valence-electron chi connectivity index (χ1n) is 5.43. The van der Waals surface area contributed by atoms with E-state index in [-0.39, 0.29) is 6.04 Å². The number of hydrogen-bond donors (Lipinski definition) is 1. The van der Waals surface area contributed by atoms with Gasteiger partial charge in [0.15, 0.2) is 0 Å². The Bertz CT molecular complexity index is 365. The van der Waals surface area contributed by atoms with Crippen molar-refractivity contribution in [2.24, 2.45) is 5.73 Å². The van der Waals surface area contributed by atoms with Crippen molar-refractivity contribution >= 4 is 15.9 Å². The maximum atomic E-state index is 6.10. The highest BCUT2D eigenvalue weighted by Crippen LogP contribution is 2.36. The van der Waals surface area contributed by atoms with Crippen molar-refractivity contribution in [1.82, 2.24) is 0 Å². The molecule has 2 N–H and O–H groups in total. The average molecular weight is 270 g/mol. The molecule has 1 atom stereocenters. The summed E-state index contributed by atoms with van der Waals surface area (Å²) in [7, 11) is 0. The summed E-state index contributed by atoms with van der Waals surface area (Å²) in [4.78, 5) is 0. The molecule has 0 spiro atoms. The molecule has 0 aliphatic heterocycles. The minimum absolute atomic E-state index is 0.172. The van der Waals surface area contributed by atoms with Crippen LogP contribution in [0.15, 0.2) is 16.6 Å². The second-order valence-electron chi connectivity index (χ2n) is 3.90. The van der Waals surface area contributed by atoms with Gasteiger partial charge in [-0.1, -0.05) is 15.9 Å². The minimum Gasteiger partial charge on any atom is -0.494 e. The SMILES string of the molecule is CCOc1cc(Br)c2c(c1)[C@@H](N)CCC2. The molecule has 0 unspecified atom stereocenters. The summed E-state index contributed by atoms with van der Waals surface area (Å²) >= 11 is 3.59. The van der Waals surface area contributed by atoms with Gasteiger partial charge >= 0.3 is 0 Å². The van der Waals surface area contributed by atoms with E-state index in [9.17, 15) is 0 Å². The van der Waals surface area contributed by atoms with Gasteiger partial charge in [0.25, 0.3) is 0 Å². The molecule has 0 saturated heterocycles. The van der Waals surface area contributed by atoms with E-state index in [1.165, 1.54) is 17.5 Å². The maximum absolute atomic E-state index is 6.10. The number of hydrogen-bond acceptors (Lipinski definition) is 2. The third-order valence-corrected chi connectivity index (χ3v) is 3.56. The van der Waals surface area contributed by atoms with Gasteiger partial charge in [0.1, 0.15) is 5.75 Å². The topological polar surface area (TPSA) is 35.2 Å². The van der Waals surface area contributed by atoms with E-state index < -0.39 is 0 Å². The highest BCUT2D eigenvalue weighted by molar-refractivity contribution is 9.10. The van der Waals surface area contributed by atoms with Gasteiger partial charge < -0.3 is 10.5 Å². The molecule has 1 aliphatic carbocycles. The third-order valence-electron chi connectivity index (χ3n) is 2.86. The summed E-state index contributed by atoms with van der Waals surface area (Å²) in [6.45, 7) is 2.69. The van der Waals surface area contributed by atoms with Crippen molar-refractivity contribution in [3.8, 4) is 5.75 Å². The normalized spacial score (nSPS) is 19.8. The molecule has 0 fully saturated rings. The van der Waals surface area contributed by atoms with Gasteiger partial charge in [-0.15, -0.1) is 0 Å². The maximum Gasteiger partial charge on any atom is 0.120 e. The van der Waals surface area contributed by atoms with Crippen molar-refractivity contribution < 1.29 is 4.74 Å². The summed E-state index contributed by atoms with van der Waals surface area (Å²) in [5.41, 5.74) is 8.71. The zero-order valence-corrected chi connectivity index (χ0v) is 10.5. The Morgan fingerprint density at radius 2 is 2.33 bits per heavy atom. The first-order valence-corrected chi connectivity index (χ1v) is 6.22. The summed E-state index contributed by atoms with van der Waals surface area (Å²) in [6, 6.07) is 4.30. The monoisotopic (exact) mass is 269 g/mol. The highest BCUT2D eigenvalue weighted by Gasteiger charge is 2.19. The second kappa shape index (κ2) is 4.54. The van der Waals surface area contributed by atoms with Crippen molar-refractivity contribution in [2.75, 3.05) is 6.61 Å². The molecule has 0 saturated carbocycles. The zero-order chi connectivity index (χ0) is 10.8.